The summed E-state index contributed by atoms with van der Waals surface area (Å²) < 4.78 is 0. The molecule has 17 heavy (non-hydrogen) atoms. The predicted octanol–water partition coefficient (Wildman–Crippen LogP) is 1.06. The molecule has 1 N–H and O–H groups in total. The first-order chi connectivity index (χ1) is 8.16. The Morgan fingerprint density at radius 3 is 2.94 bits per heavy atom. The molecule has 1 aromatic carbocycles. The van der Waals surface area contributed by atoms with E-state index in [2.05, 4.69) is 0 Å². The summed E-state index contributed by atoms with van der Waals surface area (Å²) in [6, 6.07) is 8.03. The second-order valence-corrected chi connectivity index (χ2v) is 4.33. The second-order valence-electron chi connectivity index (χ2n) is 4.33. The lowest BCUT2D eigenvalue weighted by Gasteiger charge is -2.13. The molecule has 0 saturated carbocycles. The van der Waals surface area contributed by atoms with Gasteiger partial charge in [0.05, 0.1) is 12.6 Å². The van der Waals surface area contributed by atoms with Gasteiger partial charge in [-0.25, -0.2) is 5.06 Å². The standard InChI is InChI=1S/C13H17NO3/c1-10-4-2-3-5-11(10)6-7-13(16)14-8-12(15)9-17-14/h2-5,12,15H,6-9H2,1H3. The van der Waals surface area contributed by atoms with Crippen LogP contribution in [-0.4, -0.2) is 35.3 Å². The summed E-state index contributed by atoms with van der Waals surface area (Å²) in [5, 5.41) is 10.5. The van der Waals surface area contributed by atoms with Crippen LogP contribution < -0.4 is 0 Å². The monoisotopic (exact) mass is 235 g/mol. The van der Waals surface area contributed by atoms with Gasteiger partial charge in [0, 0.05) is 6.42 Å². The second kappa shape index (κ2) is 5.29. The smallest absolute Gasteiger partial charge is 0.246 e. The third-order valence-corrected chi connectivity index (χ3v) is 2.95. The topological polar surface area (TPSA) is 49.8 Å². The molecule has 4 nitrogen and oxygen atoms in total. The van der Waals surface area contributed by atoms with Gasteiger partial charge in [-0.15, -0.1) is 0 Å². The van der Waals surface area contributed by atoms with Crippen molar-refractivity contribution in [1.82, 2.24) is 5.06 Å². The number of hydrogen-bond acceptors (Lipinski definition) is 3. The average molecular weight is 235 g/mol. The van der Waals surface area contributed by atoms with Crippen molar-refractivity contribution in [2.75, 3.05) is 13.2 Å². The van der Waals surface area contributed by atoms with E-state index < -0.39 is 6.10 Å². The Hall–Kier alpha value is -1.39. The minimum Gasteiger partial charge on any atom is -0.389 e. The minimum atomic E-state index is -0.544. The third-order valence-electron chi connectivity index (χ3n) is 2.95. The molecule has 1 heterocycles. The summed E-state index contributed by atoms with van der Waals surface area (Å²) in [5.74, 6) is -0.0650. The van der Waals surface area contributed by atoms with E-state index >= 15 is 0 Å². The SMILES string of the molecule is Cc1ccccc1CCC(=O)N1CC(O)CO1. The fourth-order valence-electron chi connectivity index (χ4n) is 1.90. The van der Waals surface area contributed by atoms with E-state index in [0.29, 0.717) is 12.8 Å². The van der Waals surface area contributed by atoms with Crippen molar-refractivity contribution >= 4 is 5.91 Å². The summed E-state index contributed by atoms with van der Waals surface area (Å²) in [5.41, 5.74) is 2.38. The summed E-state index contributed by atoms with van der Waals surface area (Å²) in [6.45, 7) is 2.54. The lowest BCUT2D eigenvalue weighted by Crippen LogP contribution is -2.28. The van der Waals surface area contributed by atoms with Crippen LogP contribution in [0.25, 0.3) is 0 Å². The number of hydrogen-bond donors (Lipinski definition) is 1. The fourth-order valence-corrected chi connectivity index (χ4v) is 1.90. The van der Waals surface area contributed by atoms with Crippen molar-refractivity contribution in [3.8, 4) is 0 Å². The molecule has 1 unspecified atom stereocenters. The number of nitrogens with zero attached hydrogens (tertiary/aromatic N) is 1. The molecule has 1 fully saturated rings. The largest absolute Gasteiger partial charge is 0.389 e. The first-order valence-electron chi connectivity index (χ1n) is 5.82. The van der Waals surface area contributed by atoms with Crippen molar-refractivity contribution in [2.45, 2.75) is 25.9 Å². The highest BCUT2D eigenvalue weighted by atomic mass is 16.7. The Kier molecular flexibility index (Phi) is 3.76. The number of aliphatic hydroxyl groups is 1. The maximum atomic E-state index is 11.8. The number of carbonyl (C=O) groups excluding carboxylic acids is 1. The molecule has 4 heteroatoms. The molecule has 1 saturated heterocycles. The van der Waals surface area contributed by atoms with Crippen molar-refractivity contribution in [3.05, 3.63) is 35.4 Å². The van der Waals surface area contributed by atoms with Gasteiger partial charge in [0.2, 0.25) is 5.91 Å². The normalized spacial score (nSPS) is 19.6. The average Bonchev–Trinajstić information content (AvgIpc) is 2.74. The lowest BCUT2D eigenvalue weighted by molar-refractivity contribution is -0.168. The van der Waals surface area contributed by atoms with E-state index in [0.717, 1.165) is 0 Å². The minimum absolute atomic E-state index is 0.0650. The molecule has 1 aromatic rings. The van der Waals surface area contributed by atoms with Crippen LogP contribution in [0.4, 0.5) is 0 Å². The molecule has 92 valence electrons. The van der Waals surface area contributed by atoms with Crippen LogP contribution in [0.2, 0.25) is 0 Å². The molecule has 2 rings (SSSR count). The quantitative estimate of drug-likeness (QED) is 0.852. The summed E-state index contributed by atoms with van der Waals surface area (Å²) in [4.78, 5) is 16.8. The van der Waals surface area contributed by atoms with Crippen LogP contribution in [0.1, 0.15) is 17.5 Å². The molecule has 0 radical (unpaired) electrons. The first-order valence-corrected chi connectivity index (χ1v) is 5.82. The number of aliphatic hydroxyl groups excluding tert-OH is 1. The van der Waals surface area contributed by atoms with Crippen LogP contribution in [0.5, 0.6) is 0 Å². The highest BCUT2D eigenvalue weighted by molar-refractivity contribution is 5.75. The van der Waals surface area contributed by atoms with Gasteiger partial charge in [0.15, 0.2) is 0 Å². The summed E-state index contributed by atoms with van der Waals surface area (Å²) >= 11 is 0. The zero-order valence-corrected chi connectivity index (χ0v) is 9.93. The Morgan fingerprint density at radius 2 is 2.29 bits per heavy atom. The van der Waals surface area contributed by atoms with Crippen LogP contribution >= 0.6 is 0 Å². The van der Waals surface area contributed by atoms with Crippen LogP contribution in [0.3, 0.4) is 0 Å². The van der Waals surface area contributed by atoms with E-state index in [-0.39, 0.29) is 19.1 Å². The molecule has 0 aliphatic carbocycles. The van der Waals surface area contributed by atoms with Crippen LogP contribution in [0.15, 0.2) is 24.3 Å². The molecule has 1 aliphatic heterocycles. The van der Waals surface area contributed by atoms with Crippen molar-refractivity contribution in [2.24, 2.45) is 0 Å². The van der Waals surface area contributed by atoms with E-state index in [1.165, 1.54) is 16.2 Å². The highest BCUT2D eigenvalue weighted by Gasteiger charge is 2.25. The molecular formula is C13H17NO3. The number of β-amino-alcohol motifs (C(OH)–C–C–N with tert-alkyl or cyclic N) is 1. The number of benzene rings is 1. The van der Waals surface area contributed by atoms with Crippen molar-refractivity contribution in [3.63, 3.8) is 0 Å². The maximum Gasteiger partial charge on any atom is 0.246 e. The molecule has 0 aromatic heterocycles. The zero-order chi connectivity index (χ0) is 12.3. The molecule has 1 amide bonds. The predicted molar refractivity (Wildman–Crippen MR) is 63.2 cm³/mol. The number of rotatable bonds is 3. The number of aryl methyl sites for hydroxylation is 2. The molecule has 0 bridgehead atoms. The summed E-state index contributed by atoms with van der Waals surface area (Å²) in [6.07, 6.45) is 0.580. The van der Waals surface area contributed by atoms with Crippen LogP contribution in [-0.2, 0) is 16.1 Å². The lowest BCUT2D eigenvalue weighted by atomic mass is 10.0. The van der Waals surface area contributed by atoms with Crippen molar-refractivity contribution < 1.29 is 14.7 Å². The number of amides is 1. The molecule has 1 aliphatic rings. The first kappa shape index (κ1) is 12.1. The van der Waals surface area contributed by atoms with Gasteiger partial charge in [-0.1, -0.05) is 24.3 Å². The summed E-state index contributed by atoms with van der Waals surface area (Å²) in [7, 11) is 0. The number of carbonyl (C=O) groups is 1. The molecular weight excluding hydrogens is 218 g/mol. The van der Waals surface area contributed by atoms with Gasteiger partial charge >= 0.3 is 0 Å². The molecule has 0 spiro atoms. The molecule has 1 atom stereocenters. The Bertz CT molecular complexity index is 405. The highest BCUT2D eigenvalue weighted by Crippen LogP contribution is 2.12. The Balaban J connectivity index is 1.86. The zero-order valence-electron chi connectivity index (χ0n) is 9.93. The van der Waals surface area contributed by atoms with E-state index in [1.54, 1.807) is 0 Å². The maximum absolute atomic E-state index is 11.8. The van der Waals surface area contributed by atoms with Gasteiger partial charge in [-0.2, -0.15) is 0 Å². The number of hydroxylamine groups is 2. The van der Waals surface area contributed by atoms with Crippen molar-refractivity contribution in [1.29, 1.82) is 0 Å². The van der Waals surface area contributed by atoms with E-state index in [9.17, 15) is 9.90 Å². The van der Waals surface area contributed by atoms with Gasteiger partial charge in [-0.3, -0.25) is 9.63 Å². The van der Waals surface area contributed by atoms with Gasteiger partial charge < -0.3 is 5.11 Å². The van der Waals surface area contributed by atoms with Crippen LogP contribution in [0, 0.1) is 6.92 Å². The van der Waals surface area contributed by atoms with Gasteiger partial charge in [-0.05, 0) is 24.5 Å². The van der Waals surface area contributed by atoms with E-state index in [4.69, 9.17) is 4.84 Å². The Labute approximate surface area is 101 Å². The van der Waals surface area contributed by atoms with Gasteiger partial charge in [0.25, 0.3) is 0 Å². The van der Waals surface area contributed by atoms with E-state index in [1.807, 2.05) is 31.2 Å². The Morgan fingerprint density at radius 1 is 1.53 bits per heavy atom. The van der Waals surface area contributed by atoms with Gasteiger partial charge in [0.1, 0.15) is 6.61 Å². The fraction of sp³-hybridized carbons (Fsp3) is 0.462. The third kappa shape index (κ3) is 3.05.